The maximum atomic E-state index is 12.7. The highest BCUT2D eigenvalue weighted by molar-refractivity contribution is 7.82. The van der Waals surface area contributed by atoms with Crippen LogP contribution < -0.4 is 5.56 Å². The summed E-state index contributed by atoms with van der Waals surface area (Å²) >= 11 is 0. The van der Waals surface area contributed by atoms with Crippen LogP contribution in [0.5, 0.6) is 0 Å². The van der Waals surface area contributed by atoms with E-state index in [9.17, 15) is 13.8 Å². The lowest BCUT2D eigenvalue weighted by atomic mass is 10.1. The molecule has 7 nitrogen and oxygen atoms in total. The molecule has 3 aromatic rings. The molecule has 1 fully saturated rings. The van der Waals surface area contributed by atoms with Crippen LogP contribution in [0.4, 0.5) is 0 Å². The molecule has 2 aromatic heterocycles. The van der Waals surface area contributed by atoms with E-state index >= 15 is 0 Å². The van der Waals surface area contributed by atoms with E-state index in [2.05, 4.69) is 9.97 Å². The number of rotatable bonds is 3. The van der Waals surface area contributed by atoms with Gasteiger partial charge in [0.1, 0.15) is 17.3 Å². The molecule has 0 spiro atoms. The average molecular weight is 356 g/mol. The molecule has 1 aliphatic heterocycles. The summed E-state index contributed by atoms with van der Waals surface area (Å²) in [6, 6.07) is 6.43. The predicted molar refractivity (Wildman–Crippen MR) is 93.7 cm³/mol. The molecule has 1 saturated heterocycles. The number of H-pyrrole nitrogens is 1. The minimum absolute atomic E-state index is 0.261. The number of hydrogen-bond donors (Lipinski definition) is 1. The highest BCUT2D eigenvalue weighted by Gasteiger charge is 2.21. The number of fused-ring (bicyclic) bond motifs is 1. The first-order valence-corrected chi connectivity index (χ1v) is 9.11. The number of aromatic nitrogens is 3. The van der Waals surface area contributed by atoms with Gasteiger partial charge in [-0.3, -0.25) is 14.2 Å². The number of imidazole rings is 1. The third-order valence-electron chi connectivity index (χ3n) is 4.28. The van der Waals surface area contributed by atoms with Gasteiger partial charge in [-0.2, -0.15) is 0 Å². The van der Waals surface area contributed by atoms with Crippen LogP contribution in [0.1, 0.15) is 23.2 Å². The van der Waals surface area contributed by atoms with Gasteiger partial charge >= 0.3 is 0 Å². The summed E-state index contributed by atoms with van der Waals surface area (Å²) in [4.78, 5) is 31.8. The zero-order valence-corrected chi connectivity index (χ0v) is 14.2. The minimum atomic E-state index is -1.27. The third-order valence-corrected chi connectivity index (χ3v) is 5.78. The normalized spacial score (nSPS) is 16.3. The number of pyridine rings is 1. The zero-order valence-electron chi connectivity index (χ0n) is 13.3. The first-order chi connectivity index (χ1) is 12.1. The molecule has 1 aliphatic rings. The van der Waals surface area contributed by atoms with Crippen molar-refractivity contribution in [2.24, 2.45) is 0 Å². The molecule has 0 amide bonds. The minimum Gasteiger partial charge on any atom is -0.322 e. The second-order valence-corrected chi connectivity index (χ2v) is 7.40. The van der Waals surface area contributed by atoms with E-state index in [1.807, 2.05) is 4.31 Å². The topological polar surface area (TPSA) is 88.1 Å². The fraction of sp³-hybridized carbons (Fsp3) is 0.235. The number of nitrogens with zero attached hydrogens (tertiary/aromatic N) is 3. The van der Waals surface area contributed by atoms with E-state index in [-0.39, 0.29) is 17.0 Å². The summed E-state index contributed by atoms with van der Waals surface area (Å²) in [5, 5.41) is 0.573. The summed E-state index contributed by atoms with van der Waals surface area (Å²) in [5.74, 6) is -0.349. The van der Waals surface area contributed by atoms with Crippen molar-refractivity contribution in [2.75, 3.05) is 13.1 Å². The standard InChI is InChI=1S/C17H16N4O3S/c22-16-10-14(17(23)20-8-5-18-11-20)13-9-12(3-4-15(13)19-16)25(24)21-6-1-2-7-21/h3-5,8-11H,1-2,6-7H2,(H,19,22). The Morgan fingerprint density at radius 3 is 2.72 bits per heavy atom. The Kier molecular flexibility index (Phi) is 4.06. The number of hydrogen-bond acceptors (Lipinski definition) is 4. The summed E-state index contributed by atoms with van der Waals surface area (Å²) in [6.07, 6.45) is 6.50. The van der Waals surface area contributed by atoms with E-state index in [1.165, 1.54) is 29.4 Å². The van der Waals surface area contributed by atoms with E-state index in [0.29, 0.717) is 15.8 Å². The average Bonchev–Trinajstić information content (AvgIpc) is 3.32. The maximum Gasteiger partial charge on any atom is 0.264 e. The second kappa shape index (κ2) is 6.38. The van der Waals surface area contributed by atoms with Crippen molar-refractivity contribution in [3.05, 3.63) is 58.9 Å². The van der Waals surface area contributed by atoms with Gasteiger partial charge in [-0.1, -0.05) is 0 Å². The van der Waals surface area contributed by atoms with Crippen molar-refractivity contribution in [2.45, 2.75) is 17.7 Å². The van der Waals surface area contributed by atoms with Gasteiger partial charge < -0.3 is 4.98 Å². The Balaban J connectivity index is 1.84. The van der Waals surface area contributed by atoms with Crippen LogP contribution in [-0.4, -0.2) is 42.0 Å². The maximum absolute atomic E-state index is 12.7. The molecule has 0 saturated carbocycles. The number of aromatic amines is 1. The molecule has 3 heterocycles. The van der Waals surface area contributed by atoms with Crippen molar-refractivity contribution in [1.29, 1.82) is 0 Å². The van der Waals surface area contributed by atoms with Crippen molar-refractivity contribution >= 4 is 27.8 Å². The molecule has 25 heavy (non-hydrogen) atoms. The molecule has 0 radical (unpaired) electrons. The highest BCUT2D eigenvalue weighted by Crippen LogP contribution is 2.23. The van der Waals surface area contributed by atoms with E-state index < -0.39 is 11.0 Å². The molecular formula is C17H16N4O3S. The van der Waals surface area contributed by atoms with Crippen molar-refractivity contribution in [1.82, 2.24) is 18.8 Å². The van der Waals surface area contributed by atoms with Gasteiger partial charge in [0.15, 0.2) is 0 Å². The lowest BCUT2D eigenvalue weighted by Crippen LogP contribution is -2.22. The Hall–Kier alpha value is -2.58. The monoisotopic (exact) mass is 356 g/mol. The van der Waals surface area contributed by atoms with Crippen LogP contribution in [0.25, 0.3) is 10.9 Å². The van der Waals surface area contributed by atoms with Gasteiger partial charge in [-0.05, 0) is 31.0 Å². The van der Waals surface area contributed by atoms with Crippen LogP contribution >= 0.6 is 0 Å². The van der Waals surface area contributed by atoms with E-state index in [4.69, 9.17) is 0 Å². The molecule has 1 N–H and O–H groups in total. The first kappa shape index (κ1) is 15.9. The molecule has 8 heteroatoms. The lowest BCUT2D eigenvalue weighted by Gasteiger charge is -2.14. The van der Waals surface area contributed by atoms with Crippen LogP contribution in [0.2, 0.25) is 0 Å². The number of carbonyl (C=O) groups excluding carboxylic acids is 1. The molecule has 0 bridgehead atoms. The van der Waals surface area contributed by atoms with E-state index in [1.54, 1.807) is 18.2 Å². The quantitative estimate of drug-likeness (QED) is 0.771. The van der Waals surface area contributed by atoms with Crippen LogP contribution in [0, 0.1) is 0 Å². The number of benzene rings is 1. The van der Waals surface area contributed by atoms with E-state index in [0.717, 1.165) is 25.9 Å². The van der Waals surface area contributed by atoms with Crippen molar-refractivity contribution in [3.63, 3.8) is 0 Å². The Bertz CT molecular complexity index is 1020. The Morgan fingerprint density at radius 1 is 1.20 bits per heavy atom. The molecular weight excluding hydrogens is 340 g/mol. The van der Waals surface area contributed by atoms with Gasteiger partial charge in [0, 0.05) is 42.5 Å². The number of carbonyl (C=O) groups is 1. The third kappa shape index (κ3) is 2.94. The molecule has 1 aromatic carbocycles. The molecule has 128 valence electrons. The second-order valence-electron chi connectivity index (χ2n) is 5.92. The first-order valence-electron chi connectivity index (χ1n) is 8.00. The molecule has 0 aliphatic carbocycles. The smallest absolute Gasteiger partial charge is 0.264 e. The largest absolute Gasteiger partial charge is 0.322 e. The predicted octanol–water partition coefficient (Wildman–Crippen LogP) is 1.53. The van der Waals surface area contributed by atoms with Crippen molar-refractivity contribution in [3.8, 4) is 0 Å². The Labute approximate surface area is 145 Å². The van der Waals surface area contributed by atoms with Gasteiger partial charge in [-0.15, -0.1) is 0 Å². The molecule has 4 rings (SSSR count). The van der Waals surface area contributed by atoms with Crippen LogP contribution in [0.3, 0.4) is 0 Å². The van der Waals surface area contributed by atoms with Crippen LogP contribution in [-0.2, 0) is 11.0 Å². The fourth-order valence-electron chi connectivity index (χ4n) is 3.04. The number of nitrogens with one attached hydrogen (secondary N) is 1. The van der Waals surface area contributed by atoms with Gasteiger partial charge in [0.05, 0.1) is 10.5 Å². The van der Waals surface area contributed by atoms with Crippen molar-refractivity contribution < 1.29 is 9.00 Å². The molecule has 1 atom stereocenters. The van der Waals surface area contributed by atoms with Gasteiger partial charge in [-0.25, -0.2) is 13.5 Å². The summed E-state index contributed by atoms with van der Waals surface area (Å²) in [6.45, 7) is 1.61. The lowest BCUT2D eigenvalue weighted by molar-refractivity contribution is 0.0961. The Morgan fingerprint density at radius 2 is 2.00 bits per heavy atom. The zero-order chi connectivity index (χ0) is 17.4. The molecule has 1 unspecified atom stereocenters. The van der Waals surface area contributed by atoms with Gasteiger partial charge in [0.2, 0.25) is 5.56 Å². The fourth-order valence-corrected chi connectivity index (χ4v) is 4.33. The van der Waals surface area contributed by atoms with Crippen LogP contribution in [0.15, 0.2) is 52.7 Å². The summed E-state index contributed by atoms with van der Waals surface area (Å²) in [5.41, 5.74) is 0.444. The summed E-state index contributed by atoms with van der Waals surface area (Å²) < 4.78 is 16.0. The SMILES string of the molecule is O=C(c1cc(=O)[nH]c2ccc(S(=O)N3CCCC3)cc12)n1ccnc1. The van der Waals surface area contributed by atoms with Gasteiger partial charge in [0.25, 0.3) is 5.91 Å². The highest BCUT2D eigenvalue weighted by atomic mass is 32.2. The summed E-state index contributed by atoms with van der Waals surface area (Å²) in [7, 11) is -1.27.